The van der Waals surface area contributed by atoms with Gasteiger partial charge in [-0.25, -0.2) is 4.98 Å². The maximum Gasteiger partial charge on any atom is 0.221 e. The number of anilines is 2. The predicted octanol–water partition coefficient (Wildman–Crippen LogP) is 1.57. The lowest BCUT2D eigenvalue weighted by Gasteiger charge is -2.09. The maximum atomic E-state index is 5.74. The summed E-state index contributed by atoms with van der Waals surface area (Å²) in [5.74, 6) is 1.49. The first-order valence-corrected chi connectivity index (χ1v) is 5.72. The van der Waals surface area contributed by atoms with Gasteiger partial charge in [0.25, 0.3) is 0 Å². The quantitative estimate of drug-likeness (QED) is 0.852. The molecule has 0 saturated carbocycles. The third-order valence-corrected chi connectivity index (χ3v) is 2.64. The van der Waals surface area contributed by atoms with Gasteiger partial charge in [0.1, 0.15) is 11.6 Å². The molecule has 0 bridgehead atoms. The summed E-state index contributed by atoms with van der Waals surface area (Å²) in [6.45, 7) is 2.54. The number of nitrogens with two attached hydrogens (primary N) is 2. The van der Waals surface area contributed by atoms with E-state index in [1.807, 2.05) is 31.2 Å². The number of rotatable bonds is 4. The molecule has 1 heterocycles. The van der Waals surface area contributed by atoms with Gasteiger partial charge >= 0.3 is 0 Å². The van der Waals surface area contributed by atoms with E-state index in [0.717, 1.165) is 16.9 Å². The Kier molecular flexibility index (Phi) is 3.62. The van der Waals surface area contributed by atoms with Gasteiger partial charge in [0.05, 0.1) is 6.61 Å². The Morgan fingerprint density at radius 3 is 2.72 bits per heavy atom. The first-order valence-electron chi connectivity index (χ1n) is 5.72. The Balaban J connectivity index is 1.95. The number of para-hydroxylation sites is 1. The fourth-order valence-electron chi connectivity index (χ4n) is 1.62. The Morgan fingerprint density at radius 2 is 2.00 bits per heavy atom. The normalized spacial score (nSPS) is 10.3. The van der Waals surface area contributed by atoms with Gasteiger partial charge in [0, 0.05) is 18.2 Å². The Labute approximate surface area is 106 Å². The lowest BCUT2D eigenvalue weighted by molar-refractivity contribution is 0.320. The van der Waals surface area contributed by atoms with Crippen LogP contribution in [-0.2, 0) is 6.42 Å². The zero-order chi connectivity index (χ0) is 13.0. The number of nitrogens with zero attached hydrogens (tertiary/aromatic N) is 2. The molecule has 4 N–H and O–H groups in total. The fourth-order valence-corrected chi connectivity index (χ4v) is 1.62. The van der Waals surface area contributed by atoms with Crippen molar-refractivity contribution in [2.24, 2.45) is 0 Å². The number of ether oxygens (including phenoxy) is 1. The average molecular weight is 244 g/mol. The average Bonchev–Trinajstić information content (AvgIpc) is 2.34. The molecule has 0 aliphatic rings. The van der Waals surface area contributed by atoms with Gasteiger partial charge < -0.3 is 16.2 Å². The molecule has 0 unspecified atom stereocenters. The number of aryl methyl sites for hydroxylation is 1. The van der Waals surface area contributed by atoms with Gasteiger partial charge in [-0.05, 0) is 18.6 Å². The minimum atomic E-state index is 0.191. The largest absolute Gasteiger partial charge is 0.493 e. The molecule has 18 heavy (non-hydrogen) atoms. The summed E-state index contributed by atoms with van der Waals surface area (Å²) in [4.78, 5) is 7.82. The van der Waals surface area contributed by atoms with Gasteiger partial charge in [-0.3, -0.25) is 0 Å². The Bertz CT molecular complexity index is 542. The minimum absolute atomic E-state index is 0.191. The van der Waals surface area contributed by atoms with E-state index in [2.05, 4.69) is 9.97 Å². The highest BCUT2D eigenvalue weighted by Gasteiger charge is 2.03. The topological polar surface area (TPSA) is 87.0 Å². The number of aromatic nitrogens is 2. The van der Waals surface area contributed by atoms with Crippen LogP contribution in [0.1, 0.15) is 11.1 Å². The molecule has 0 aliphatic carbocycles. The highest BCUT2D eigenvalue weighted by atomic mass is 16.5. The lowest BCUT2D eigenvalue weighted by atomic mass is 10.2. The van der Waals surface area contributed by atoms with Crippen LogP contribution in [0.2, 0.25) is 0 Å². The van der Waals surface area contributed by atoms with E-state index in [9.17, 15) is 0 Å². The van der Waals surface area contributed by atoms with Crippen molar-refractivity contribution in [2.75, 3.05) is 18.1 Å². The standard InChI is InChI=1S/C13H16N4O/c1-9-4-2-3-5-11(9)18-7-6-10-8-16-13(15)17-12(10)14/h2-5,8H,6-7H2,1H3,(H4,14,15,16,17). The molecule has 0 amide bonds. The van der Waals surface area contributed by atoms with E-state index in [0.29, 0.717) is 18.8 Å². The number of nitrogen functional groups attached to an aromatic ring is 2. The van der Waals surface area contributed by atoms with E-state index in [1.54, 1.807) is 6.20 Å². The summed E-state index contributed by atoms with van der Waals surface area (Å²) < 4.78 is 5.68. The van der Waals surface area contributed by atoms with Crippen LogP contribution in [0, 0.1) is 6.92 Å². The molecular weight excluding hydrogens is 228 g/mol. The summed E-state index contributed by atoms with van der Waals surface area (Å²) in [6.07, 6.45) is 2.29. The van der Waals surface area contributed by atoms with Crippen LogP contribution >= 0.6 is 0 Å². The van der Waals surface area contributed by atoms with Crippen molar-refractivity contribution in [3.8, 4) is 5.75 Å². The molecule has 0 saturated heterocycles. The van der Waals surface area contributed by atoms with Crippen LogP contribution in [0.3, 0.4) is 0 Å². The molecule has 5 nitrogen and oxygen atoms in total. The summed E-state index contributed by atoms with van der Waals surface area (Å²) in [5.41, 5.74) is 13.1. The summed E-state index contributed by atoms with van der Waals surface area (Å²) in [5, 5.41) is 0. The van der Waals surface area contributed by atoms with Crippen LogP contribution in [0.25, 0.3) is 0 Å². The van der Waals surface area contributed by atoms with E-state index in [4.69, 9.17) is 16.2 Å². The second kappa shape index (κ2) is 5.35. The van der Waals surface area contributed by atoms with E-state index in [1.165, 1.54) is 0 Å². The van der Waals surface area contributed by atoms with Crippen LogP contribution in [0.5, 0.6) is 5.75 Å². The highest BCUT2D eigenvalue weighted by molar-refractivity contribution is 5.41. The van der Waals surface area contributed by atoms with E-state index in [-0.39, 0.29) is 5.95 Å². The van der Waals surface area contributed by atoms with Crippen molar-refractivity contribution >= 4 is 11.8 Å². The Morgan fingerprint density at radius 1 is 1.22 bits per heavy atom. The first-order chi connectivity index (χ1) is 8.66. The van der Waals surface area contributed by atoms with Crippen LogP contribution in [-0.4, -0.2) is 16.6 Å². The second-order valence-corrected chi connectivity index (χ2v) is 4.00. The number of hydrogen-bond acceptors (Lipinski definition) is 5. The molecule has 1 aromatic carbocycles. The number of benzene rings is 1. The van der Waals surface area contributed by atoms with Crippen LogP contribution < -0.4 is 16.2 Å². The third kappa shape index (κ3) is 2.88. The van der Waals surface area contributed by atoms with Gasteiger partial charge in [-0.2, -0.15) is 4.98 Å². The van der Waals surface area contributed by atoms with Crippen molar-refractivity contribution in [3.05, 3.63) is 41.6 Å². The molecule has 94 valence electrons. The molecule has 2 aromatic rings. The maximum absolute atomic E-state index is 5.74. The van der Waals surface area contributed by atoms with Crippen molar-refractivity contribution in [1.82, 2.24) is 9.97 Å². The molecule has 0 fully saturated rings. The highest BCUT2D eigenvalue weighted by Crippen LogP contribution is 2.17. The van der Waals surface area contributed by atoms with Crippen molar-refractivity contribution in [1.29, 1.82) is 0 Å². The molecular formula is C13H16N4O. The smallest absolute Gasteiger partial charge is 0.221 e. The van der Waals surface area contributed by atoms with Gasteiger partial charge in [0.15, 0.2) is 0 Å². The summed E-state index contributed by atoms with van der Waals surface area (Å²) in [6, 6.07) is 7.88. The first kappa shape index (κ1) is 12.2. The molecule has 0 radical (unpaired) electrons. The molecule has 0 spiro atoms. The Hall–Kier alpha value is -2.30. The van der Waals surface area contributed by atoms with Crippen molar-refractivity contribution in [2.45, 2.75) is 13.3 Å². The molecule has 5 heteroatoms. The van der Waals surface area contributed by atoms with Crippen LogP contribution in [0.15, 0.2) is 30.5 Å². The minimum Gasteiger partial charge on any atom is -0.493 e. The van der Waals surface area contributed by atoms with Crippen molar-refractivity contribution in [3.63, 3.8) is 0 Å². The third-order valence-electron chi connectivity index (χ3n) is 2.64. The zero-order valence-corrected chi connectivity index (χ0v) is 10.3. The monoisotopic (exact) mass is 244 g/mol. The zero-order valence-electron chi connectivity index (χ0n) is 10.3. The summed E-state index contributed by atoms with van der Waals surface area (Å²) in [7, 11) is 0. The van der Waals surface area contributed by atoms with Crippen LogP contribution in [0.4, 0.5) is 11.8 Å². The van der Waals surface area contributed by atoms with Gasteiger partial charge in [0.2, 0.25) is 5.95 Å². The van der Waals surface area contributed by atoms with Gasteiger partial charge in [-0.15, -0.1) is 0 Å². The second-order valence-electron chi connectivity index (χ2n) is 4.00. The molecule has 0 aliphatic heterocycles. The van der Waals surface area contributed by atoms with Crippen molar-refractivity contribution < 1.29 is 4.74 Å². The fraction of sp³-hybridized carbons (Fsp3) is 0.231. The predicted molar refractivity (Wildman–Crippen MR) is 71.2 cm³/mol. The van der Waals surface area contributed by atoms with E-state index < -0.39 is 0 Å². The summed E-state index contributed by atoms with van der Waals surface area (Å²) >= 11 is 0. The lowest BCUT2D eigenvalue weighted by Crippen LogP contribution is -2.08. The molecule has 2 rings (SSSR count). The molecule has 0 atom stereocenters. The van der Waals surface area contributed by atoms with E-state index >= 15 is 0 Å². The molecule has 1 aromatic heterocycles. The van der Waals surface area contributed by atoms with Gasteiger partial charge in [-0.1, -0.05) is 18.2 Å². The SMILES string of the molecule is Cc1ccccc1OCCc1cnc(N)nc1N. The number of hydrogen-bond donors (Lipinski definition) is 2.